The summed E-state index contributed by atoms with van der Waals surface area (Å²) in [6, 6.07) is 1.86. The SMILES string of the molecule is CCNC(=NCC(C)(O)c1cc(C)oc1C)NCCOCC.I. The molecule has 7 heteroatoms. The van der Waals surface area contributed by atoms with Crippen molar-refractivity contribution in [1.29, 1.82) is 0 Å². The molecule has 134 valence electrons. The fourth-order valence-electron chi connectivity index (χ4n) is 2.21. The van der Waals surface area contributed by atoms with E-state index < -0.39 is 5.60 Å². The first kappa shape index (κ1) is 22.2. The average molecular weight is 439 g/mol. The Hall–Kier alpha value is -0.800. The molecule has 0 spiro atoms. The molecule has 0 aliphatic carbocycles. The van der Waals surface area contributed by atoms with Gasteiger partial charge in [-0.25, -0.2) is 4.99 Å². The predicted octanol–water partition coefficient (Wildman–Crippen LogP) is 2.31. The Morgan fingerprint density at radius 2 is 2.04 bits per heavy atom. The van der Waals surface area contributed by atoms with Crippen LogP contribution in [0.3, 0.4) is 0 Å². The minimum Gasteiger partial charge on any atom is -0.466 e. The van der Waals surface area contributed by atoms with E-state index in [4.69, 9.17) is 9.15 Å². The van der Waals surface area contributed by atoms with Gasteiger partial charge in [0.15, 0.2) is 5.96 Å². The fraction of sp³-hybridized carbons (Fsp3) is 0.688. The largest absolute Gasteiger partial charge is 0.466 e. The molecule has 1 rings (SSSR count). The normalized spacial score (nSPS) is 14.1. The van der Waals surface area contributed by atoms with Crippen molar-refractivity contribution >= 4 is 29.9 Å². The van der Waals surface area contributed by atoms with Gasteiger partial charge in [-0.15, -0.1) is 24.0 Å². The van der Waals surface area contributed by atoms with Gasteiger partial charge in [-0.3, -0.25) is 0 Å². The number of aliphatic imine (C=N–C) groups is 1. The zero-order valence-electron chi connectivity index (χ0n) is 14.7. The third kappa shape index (κ3) is 7.54. The van der Waals surface area contributed by atoms with E-state index in [1.165, 1.54) is 0 Å². The molecule has 1 heterocycles. The highest BCUT2D eigenvalue weighted by atomic mass is 127. The van der Waals surface area contributed by atoms with E-state index >= 15 is 0 Å². The lowest BCUT2D eigenvalue weighted by Crippen LogP contribution is -2.40. The lowest BCUT2D eigenvalue weighted by molar-refractivity contribution is 0.0656. The van der Waals surface area contributed by atoms with Crippen molar-refractivity contribution in [2.24, 2.45) is 4.99 Å². The van der Waals surface area contributed by atoms with Crippen molar-refractivity contribution in [3.8, 4) is 0 Å². The van der Waals surface area contributed by atoms with Crippen LogP contribution in [0.5, 0.6) is 0 Å². The Kier molecular flexibility index (Phi) is 10.5. The van der Waals surface area contributed by atoms with Crippen LogP contribution in [0.2, 0.25) is 0 Å². The van der Waals surface area contributed by atoms with E-state index in [1.807, 2.05) is 33.8 Å². The summed E-state index contributed by atoms with van der Waals surface area (Å²) in [6.45, 7) is 12.4. The molecular weight excluding hydrogens is 409 g/mol. The summed E-state index contributed by atoms with van der Waals surface area (Å²) in [5.41, 5.74) is -0.289. The number of furan rings is 1. The van der Waals surface area contributed by atoms with Crippen LogP contribution in [0, 0.1) is 13.8 Å². The van der Waals surface area contributed by atoms with Gasteiger partial charge in [0.2, 0.25) is 0 Å². The number of nitrogens with one attached hydrogen (secondary N) is 2. The van der Waals surface area contributed by atoms with Crippen molar-refractivity contribution < 1.29 is 14.3 Å². The van der Waals surface area contributed by atoms with Crippen LogP contribution in [0.4, 0.5) is 0 Å². The molecule has 0 saturated heterocycles. The van der Waals surface area contributed by atoms with Crippen LogP contribution in [0.25, 0.3) is 0 Å². The van der Waals surface area contributed by atoms with Crippen molar-refractivity contribution in [2.45, 2.75) is 40.2 Å². The molecule has 0 radical (unpaired) electrons. The first-order valence-corrected chi connectivity index (χ1v) is 7.80. The minimum absolute atomic E-state index is 0. The van der Waals surface area contributed by atoms with Gasteiger partial charge >= 0.3 is 0 Å². The van der Waals surface area contributed by atoms with Crippen molar-refractivity contribution in [3.05, 3.63) is 23.2 Å². The quantitative estimate of drug-likeness (QED) is 0.251. The van der Waals surface area contributed by atoms with Gasteiger partial charge in [0, 0.05) is 25.3 Å². The molecule has 0 fully saturated rings. The van der Waals surface area contributed by atoms with Gasteiger partial charge in [0.05, 0.1) is 13.2 Å². The zero-order chi connectivity index (χ0) is 16.6. The van der Waals surface area contributed by atoms with Crippen LogP contribution < -0.4 is 10.6 Å². The summed E-state index contributed by atoms with van der Waals surface area (Å²) in [4.78, 5) is 4.46. The molecule has 3 N–H and O–H groups in total. The highest BCUT2D eigenvalue weighted by Gasteiger charge is 2.27. The lowest BCUT2D eigenvalue weighted by Gasteiger charge is -2.21. The first-order valence-electron chi connectivity index (χ1n) is 7.80. The topological polar surface area (TPSA) is 79.0 Å². The number of aryl methyl sites for hydroxylation is 2. The second kappa shape index (κ2) is 10.9. The number of hydrogen-bond acceptors (Lipinski definition) is 4. The maximum absolute atomic E-state index is 10.7. The maximum Gasteiger partial charge on any atom is 0.191 e. The molecule has 6 nitrogen and oxygen atoms in total. The van der Waals surface area contributed by atoms with Gasteiger partial charge in [0.1, 0.15) is 17.1 Å². The number of ether oxygens (including phenoxy) is 1. The molecular formula is C16H30IN3O3. The average Bonchev–Trinajstić information content (AvgIpc) is 2.80. The summed E-state index contributed by atoms with van der Waals surface area (Å²) in [6.07, 6.45) is 0. The number of rotatable bonds is 8. The van der Waals surface area contributed by atoms with E-state index in [-0.39, 0.29) is 30.5 Å². The monoisotopic (exact) mass is 439 g/mol. The van der Waals surface area contributed by atoms with Gasteiger partial charge in [0.25, 0.3) is 0 Å². The lowest BCUT2D eigenvalue weighted by atomic mass is 9.96. The smallest absolute Gasteiger partial charge is 0.191 e. The van der Waals surface area contributed by atoms with E-state index in [2.05, 4.69) is 15.6 Å². The Bertz CT molecular complexity index is 487. The summed E-state index contributed by atoms with van der Waals surface area (Å²) in [5.74, 6) is 2.19. The number of hydrogen-bond donors (Lipinski definition) is 3. The Labute approximate surface area is 156 Å². The van der Waals surface area contributed by atoms with Crippen LogP contribution >= 0.6 is 24.0 Å². The van der Waals surface area contributed by atoms with Crippen LogP contribution in [-0.4, -0.2) is 43.9 Å². The van der Waals surface area contributed by atoms with Crippen LogP contribution in [0.1, 0.15) is 37.9 Å². The molecule has 0 amide bonds. The molecule has 1 atom stereocenters. The summed E-state index contributed by atoms with van der Waals surface area (Å²) in [7, 11) is 0. The summed E-state index contributed by atoms with van der Waals surface area (Å²) < 4.78 is 10.8. The Balaban J connectivity index is 0.00000484. The zero-order valence-corrected chi connectivity index (χ0v) is 17.1. The van der Waals surface area contributed by atoms with Gasteiger partial charge in [-0.1, -0.05) is 0 Å². The number of guanidine groups is 1. The number of halogens is 1. The fourth-order valence-corrected chi connectivity index (χ4v) is 2.21. The predicted molar refractivity (Wildman–Crippen MR) is 104 cm³/mol. The summed E-state index contributed by atoms with van der Waals surface area (Å²) >= 11 is 0. The van der Waals surface area contributed by atoms with Gasteiger partial charge < -0.3 is 24.9 Å². The Morgan fingerprint density at radius 1 is 1.35 bits per heavy atom. The molecule has 23 heavy (non-hydrogen) atoms. The second-order valence-corrected chi connectivity index (χ2v) is 5.42. The van der Waals surface area contributed by atoms with Crippen LogP contribution in [0.15, 0.2) is 15.5 Å². The Morgan fingerprint density at radius 3 is 2.57 bits per heavy atom. The molecule has 0 aliphatic heterocycles. The molecule has 1 unspecified atom stereocenters. The first-order chi connectivity index (χ1) is 10.4. The molecule has 0 bridgehead atoms. The molecule has 0 aromatic carbocycles. The van der Waals surface area contributed by atoms with Gasteiger partial charge in [-0.2, -0.15) is 0 Å². The maximum atomic E-state index is 10.7. The third-order valence-corrected chi connectivity index (χ3v) is 3.25. The van der Waals surface area contributed by atoms with Crippen LogP contribution in [-0.2, 0) is 10.3 Å². The van der Waals surface area contributed by atoms with E-state index in [0.717, 1.165) is 23.6 Å². The van der Waals surface area contributed by atoms with Crippen molar-refractivity contribution in [3.63, 3.8) is 0 Å². The standard InChI is InChI=1S/C16H29N3O3.HI/c1-6-17-15(18-8-9-21-7-2)19-11-16(5,20)14-10-12(3)22-13(14)4;/h10,20H,6-9,11H2,1-5H3,(H2,17,18,19);1H. The third-order valence-electron chi connectivity index (χ3n) is 3.25. The minimum atomic E-state index is -1.07. The highest BCUT2D eigenvalue weighted by molar-refractivity contribution is 14.0. The van der Waals surface area contributed by atoms with Gasteiger partial charge in [-0.05, 0) is 40.7 Å². The van der Waals surface area contributed by atoms with Crippen molar-refractivity contribution in [2.75, 3.05) is 32.8 Å². The van der Waals surface area contributed by atoms with E-state index in [9.17, 15) is 5.11 Å². The van der Waals surface area contributed by atoms with E-state index in [0.29, 0.717) is 25.7 Å². The van der Waals surface area contributed by atoms with E-state index in [1.54, 1.807) is 6.92 Å². The summed E-state index contributed by atoms with van der Waals surface area (Å²) in [5, 5.41) is 17.0. The molecule has 0 saturated carbocycles. The van der Waals surface area contributed by atoms with Crippen molar-refractivity contribution in [1.82, 2.24) is 10.6 Å². The molecule has 1 aromatic heterocycles. The number of aliphatic hydroxyl groups is 1. The molecule has 1 aromatic rings. The highest BCUT2D eigenvalue weighted by Crippen LogP contribution is 2.27. The number of nitrogens with zero attached hydrogens (tertiary/aromatic N) is 1. The molecule has 0 aliphatic rings. The second-order valence-electron chi connectivity index (χ2n) is 5.42.